The number of nitrogens with zero attached hydrogens (tertiary/aromatic N) is 5. The summed E-state index contributed by atoms with van der Waals surface area (Å²) in [5, 5.41) is 0. The minimum atomic E-state index is -0.0624. The van der Waals surface area contributed by atoms with Crippen molar-refractivity contribution >= 4 is 17.3 Å². The first-order valence-corrected chi connectivity index (χ1v) is 11.4. The number of likely N-dealkylation sites (N-methyl/N-ethyl adjacent to an activating group) is 1. The van der Waals surface area contributed by atoms with Crippen LogP contribution in [0.1, 0.15) is 30.1 Å². The van der Waals surface area contributed by atoms with Crippen molar-refractivity contribution in [1.82, 2.24) is 14.8 Å². The van der Waals surface area contributed by atoms with Gasteiger partial charge in [0.25, 0.3) is 0 Å². The van der Waals surface area contributed by atoms with E-state index >= 15 is 0 Å². The molecule has 3 aliphatic heterocycles. The Morgan fingerprint density at radius 1 is 1.03 bits per heavy atom. The van der Waals surface area contributed by atoms with E-state index in [0.717, 1.165) is 61.3 Å². The number of methoxy groups -OCH3 is 1. The van der Waals surface area contributed by atoms with Gasteiger partial charge in [-0.3, -0.25) is 4.98 Å². The van der Waals surface area contributed by atoms with Gasteiger partial charge in [-0.25, -0.2) is 4.99 Å². The molecule has 1 aromatic carbocycles. The third-order valence-electron chi connectivity index (χ3n) is 6.48. The first kappa shape index (κ1) is 20.8. The van der Waals surface area contributed by atoms with Gasteiger partial charge in [0.15, 0.2) is 0 Å². The average molecular weight is 434 g/mol. The van der Waals surface area contributed by atoms with Crippen LogP contribution in [0.25, 0.3) is 5.70 Å². The van der Waals surface area contributed by atoms with Crippen LogP contribution in [0.3, 0.4) is 0 Å². The van der Waals surface area contributed by atoms with Crippen LogP contribution >= 0.6 is 0 Å². The lowest BCUT2D eigenvalue weighted by atomic mass is 10.0. The molecular formula is C25H31N5O2. The number of morpholine rings is 1. The molecule has 5 rings (SSSR count). The highest BCUT2D eigenvalue weighted by molar-refractivity contribution is 5.88. The summed E-state index contributed by atoms with van der Waals surface area (Å²) in [7, 11) is 3.83. The van der Waals surface area contributed by atoms with Gasteiger partial charge < -0.3 is 24.2 Å². The van der Waals surface area contributed by atoms with Gasteiger partial charge in [0, 0.05) is 62.4 Å². The summed E-state index contributed by atoms with van der Waals surface area (Å²) >= 11 is 0. The summed E-state index contributed by atoms with van der Waals surface area (Å²) in [6, 6.07) is 10.5. The number of aliphatic imine (C=N–C) groups is 1. The number of rotatable bonds is 4. The van der Waals surface area contributed by atoms with E-state index in [9.17, 15) is 0 Å². The summed E-state index contributed by atoms with van der Waals surface area (Å²) in [6.45, 7) is 5.28. The van der Waals surface area contributed by atoms with E-state index in [2.05, 4.69) is 51.0 Å². The Bertz CT molecular complexity index is 1000. The number of anilines is 1. The second-order valence-electron chi connectivity index (χ2n) is 8.54. The molecule has 0 bridgehead atoms. The van der Waals surface area contributed by atoms with E-state index in [1.54, 1.807) is 7.11 Å². The molecule has 0 N–H and O–H groups in total. The van der Waals surface area contributed by atoms with Crippen LogP contribution in [0.2, 0.25) is 0 Å². The molecule has 0 radical (unpaired) electrons. The monoisotopic (exact) mass is 433 g/mol. The van der Waals surface area contributed by atoms with E-state index in [0.29, 0.717) is 6.61 Å². The zero-order valence-corrected chi connectivity index (χ0v) is 18.9. The van der Waals surface area contributed by atoms with Gasteiger partial charge in [-0.1, -0.05) is 0 Å². The van der Waals surface area contributed by atoms with Gasteiger partial charge in [-0.2, -0.15) is 0 Å². The van der Waals surface area contributed by atoms with Crippen molar-refractivity contribution in [2.45, 2.75) is 18.9 Å². The molecule has 4 heterocycles. The Balaban J connectivity index is 1.40. The van der Waals surface area contributed by atoms with Gasteiger partial charge in [0.05, 0.1) is 26.0 Å². The smallest absolute Gasteiger partial charge is 0.202 e. The highest BCUT2D eigenvalue weighted by Crippen LogP contribution is 2.35. The number of benzene rings is 1. The second kappa shape index (κ2) is 9.20. The average Bonchev–Trinajstić information content (AvgIpc) is 3.40. The van der Waals surface area contributed by atoms with Crippen molar-refractivity contribution < 1.29 is 9.47 Å². The Morgan fingerprint density at radius 3 is 2.62 bits per heavy atom. The van der Waals surface area contributed by atoms with Crippen molar-refractivity contribution in [2.75, 3.05) is 58.4 Å². The SMILES string of the molecule is COc1ccc(N2CCCC2)cc1C1CN(C2=NC(c3ccncc3)=CCN2C)CCO1. The van der Waals surface area contributed by atoms with Crippen LogP contribution in [0.15, 0.2) is 53.8 Å². The van der Waals surface area contributed by atoms with Crippen LogP contribution in [0, 0.1) is 0 Å². The predicted molar refractivity (Wildman–Crippen MR) is 127 cm³/mol. The Kier molecular flexibility index (Phi) is 5.99. The van der Waals surface area contributed by atoms with Crippen LogP contribution in [0.4, 0.5) is 5.69 Å². The number of ether oxygens (including phenoxy) is 2. The van der Waals surface area contributed by atoms with Crippen molar-refractivity contribution in [1.29, 1.82) is 0 Å². The Morgan fingerprint density at radius 2 is 1.84 bits per heavy atom. The zero-order chi connectivity index (χ0) is 21.9. The van der Waals surface area contributed by atoms with E-state index in [4.69, 9.17) is 14.5 Å². The van der Waals surface area contributed by atoms with Crippen LogP contribution in [-0.2, 0) is 4.74 Å². The van der Waals surface area contributed by atoms with Crippen molar-refractivity contribution in [3.8, 4) is 5.75 Å². The van der Waals surface area contributed by atoms with E-state index in [1.807, 2.05) is 24.5 Å². The third-order valence-corrected chi connectivity index (χ3v) is 6.48. The highest BCUT2D eigenvalue weighted by Gasteiger charge is 2.30. The quantitative estimate of drug-likeness (QED) is 0.737. The molecule has 7 nitrogen and oxygen atoms in total. The third kappa shape index (κ3) is 4.17. The van der Waals surface area contributed by atoms with Gasteiger partial charge in [0.1, 0.15) is 11.9 Å². The fourth-order valence-corrected chi connectivity index (χ4v) is 4.73. The molecular weight excluding hydrogens is 402 g/mol. The van der Waals surface area contributed by atoms with Gasteiger partial charge in [0.2, 0.25) is 5.96 Å². The number of guanidine groups is 1. The van der Waals surface area contributed by atoms with E-state index < -0.39 is 0 Å². The maximum Gasteiger partial charge on any atom is 0.202 e. The van der Waals surface area contributed by atoms with E-state index in [1.165, 1.54) is 18.5 Å². The summed E-state index contributed by atoms with van der Waals surface area (Å²) in [6.07, 6.45) is 8.25. The largest absolute Gasteiger partial charge is 0.496 e. The molecule has 2 fully saturated rings. The summed E-state index contributed by atoms with van der Waals surface area (Å²) in [4.78, 5) is 16.1. The molecule has 1 aromatic heterocycles. The summed E-state index contributed by atoms with van der Waals surface area (Å²) in [5.41, 5.74) is 4.46. The summed E-state index contributed by atoms with van der Waals surface area (Å²) < 4.78 is 12.0. The molecule has 7 heteroatoms. The molecule has 0 saturated carbocycles. The van der Waals surface area contributed by atoms with Crippen molar-refractivity contribution in [3.05, 3.63) is 59.9 Å². The molecule has 0 spiro atoms. The zero-order valence-electron chi connectivity index (χ0n) is 18.9. The highest BCUT2D eigenvalue weighted by atomic mass is 16.5. The molecule has 168 valence electrons. The Labute approximate surface area is 190 Å². The molecule has 2 aromatic rings. The van der Waals surface area contributed by atoms with Crippen LogP contribution < -0.4 is 9.64 Å². The molecule has 0 aliphatic carbocycles. The van der Waals surface area contributed by atoms with Gasteiger partial charge in [-0.05, 0) is 49.2 Å². The normalized spacial score (nSPS) is 21.4. The standard InChI is InChI=1S/C25H31N5O2/c1-28-14-9-22(19-7-10-26-11-8-19)27-25(28)30-15-16-32-24(18-30)21-17-20(5-6-23(21)31-2)29-12-3-4-13-29/h5-11,17,24H,3-4,12-16,18H2,1-2H3. The predicted octanol–water partition coefficient (Wildman–Crippen LogP) is 3.41. The van der Waals surface area contributed by atoms with Gasteiger partial charge >= 0.3 is 0 Å². The number of hydrogen-bond acceptors (Lipinski definition) is 7. The maximum absolute atomic E-state index is 6.26. The molecule has 1 atom stereocenters. The fraction of sp³-hybridized carbons (Fsp3) is 0.440. The minimum absolute atomic E-state index is 0.0624. The van der Waals surface area contributed by atoms with Gasteiger partial charge in [-0.15, -0.1) is 0 Å². The second-order valence-corrected chi connectivity index (χ2v) is 8.54. The lowest BCUT2D eigenvalue weighted by molar-refractivity contribution is -0.0111. The van der Waals surface area contributed by atoms with Crippen LogP contribution in [-0.4, -0.2) is 74.2 Å². The molecule has 3 aliphatic rings. The topological polar surface area (TPSA) is 53.4 Å². The number of aromatic nitrogens is 1. The summed E-state index contributed by atoms with van der Waals surface area (Å²) in [5.74, 6) is 1.87. The maximum atomic E-state index is 6.26. The molecule has 1 unspecified atom stereocenters. The van der Waals surface area contributed by atoms with Crippen LogP contribution in [0.5, 0.6) is 5.75 Å². The minimum Gasteiger partial charge on any atom is -0.496 e. The molecule has 2 saturated heterocycles. The number of pyridine rings is 1. The molecule has 32 heavy (non-hydrogen) atoms. The van der Waals surface area contributed by atoms with Crippen molar-refractivity contribution in [2.24, 2.45) is 4.99 Å². The van der Waals surface area contributed by atoms with Crippen molar-refractivity contribution in [3.63, 3.8) is 0 Å². The first-order chi connectivity index (χ1) is 15.7. The fourth-order valence-electron chi connectivity index (χ4n) is 4.73. The molecule has 0 amide bonds. The first-order valence-electron chi connectivity index (χ1n) is 11.4. The number of hydrogen-bond donors (Lipinski definition) is 0. The Hall–Kier alpha value is -3.06. The lowest BCUT2D eigenvalue weighted by Gasteiger charge is -2.39. The lowest BCUT2D eigenvalue weighted by Crippen LogP contribution is -2.49. The van der Waals surface area contributed by atoms with E-state index in [-0.39, 0.29) is 6.10 Å².